The molecule has 2 rings (SSSR count). The highest BCUT2D eigenvalue weighted by atomic mass is 35.5. The number of hydrogen-bond donors (Lipinski definition) is 2. The van der Waals surface area contributed by atoms with E-state index in [0.717, 1.165) is 0 Å². The Labute approximate surface area is 120 Å². The summed E-state index contributed by atoms with van der Waals surface area (Å²) < 4.78 is 26.7. The number of anilines is 2. The van der Waals surface area contributed by atoms with Gasteiger partial charge in [0.05, 0.1) is 29.2 Å². The van der Waals surface area contributed by atoms with Crippen molar-refractivity contribution in [2.75, 3.05) is 10.5 Å². The summed E-state index contributed by atoms with van der Waals surface area (Å²) in [6.45, 7) is 0. The summed E-state index contributed by atoms with van der Waals surface area (Å²) in [4.78, 5) is 3.67. The van der Waals surface area contributed by atoms with Crippen molar-refractivity contribution in [3.8, 4) is 6.07 Å². The Morgan fingerprint density at radius 1 is 1.30 bits per heavy atom. The zero-order valence-electron chi connectivity index (χ0n) is 10.0. The molecule has 0 atom stereocenters. The van der Waals surface area contributed by atoms with Crippen molar-refractivity contribution in [3.05, 3.63) is 47.2 Å². The molecule has 1 aromatic carbocycles. The number of aromatic nitrogens is 1. The molecule has 3 N–H and O–H groups in total. The summed E-state index contributed by atoms with van der Waals surface area (Å²) in [5, 5.41) is 8.98. The Morgan fingerprint density at radius 3 is 2.60 bits per heavy atom. The molecule has 0 saturated heterocycles. The van der Waals surface area contributed by atoms with Crippen LogP contribution in [0.3, 0.4) is 0 Å². The first-order valence-electron chi connectivity index (χ1n) is 5.36. The van der Waals surface area contributed by atoms with Crippen LogP contribution < -0.4 is 10.5 Å². The van der Waals surface area contributed by atoms with Crippen molar-refractivity contribution in [2.45, 2.75) is 4.90 Å². The van der Waals surface area contributed by atoms with E-state index >= 15 is 0 Å². The van der Waals surface area contributed by atoms with Crippen LogP contribution in [-0.2, 0) is 10.0 Å². The lowest BCUT2D eigenvalue weighted by atomic mass is 10.2. The standard InChI is InChI=1S/C12H9ClN4O2S/c13-12-4-2-9(7-16-12)17-20(18,19)11-3-1-8(6-14)5-10(11)15/h1-5,7,17H,15H2. The largest absolute Gasteiger partial charge is 0.398 e. The smallest absolute Gasteiger partial charge is 0.263 e. The number of nitrogens with zero attached hydrogens (tertiary/aromatic N) is 2. The zero-order valence-corrected chi connectivity index (χ0v) is 11.6. The molecule has 0 fully saturated rings. The Hall–Kier alpha value is -2.30. The first-order valence-corrected chi connectivity index (χ1v) is 7.22. The molecule has 0 spiro atoms. The van der Waals surface area contributed by atoms with Gasteiger partial charge in [0.1, 0.15) is 10.0 Å². The van der Waals surface area contributed by atoms with E-state index in [9.17, 15) is 8.42 Å². The van der Waals surface area contributed by atoms with E-state index in [0.29, 0.717) is 0 Å². The Morgan fingerprint density at radius 2 is 2.05 bits per heavy atom. The van der Waals surface area contributed by atoms with E-state index in [1.807, 2.05) is 6.07 Å². The summed E-state index contributed by atoms with van der Waals surface area (Å²) in [5.41, 5.74) is 6.20. The molecular formula is C12H9ClN4O2S. The number of sulfonamides is 1. The molecule has 0 aliphatic rings. The maximum absolute atomic E-state index is 12.2. The number of hydrogen-bond acceptors (Lipinski definition) is 5. The van der Waals surface area contributed by atoms with Crippen LogP contribution in [0.25, 0.3) is 0 Å². The van der Waals surface area contributed by atoms with Gasteiger partial charge in [-0.3, -0.25) is 4.72 Å². The third kappa shape index (κ3) is 2.99. The van der Waals surface area contributed by atoms with Crippen molar-refractivity contribution in [3.63, 3.8) is 0 Å². The van der Waals surface area contributed by atoms with E-state index < -0.39 is 10.0 Å². The molecule has 0 saturated carbocycles. The van der Waals surface area contributed by atoms with E-state index in [1.165, 1.54) is 36.5 Å². The Balaban J connectivity index is 2.36. The summed E-state index contributed by atoms with van der Waals surface area (Å²) in [6, 6.07) is 8.78. The number of pyridine rings is 1. The van der Waals surface area contributed by atoms with Gasteiger partial charge in [-0.1, -0.05) is 11.6 Å². The molecule has 1 aromatic heterocycles. The van der Waals surface area contributed by atoms with Gasteiger partial charge in [0, 0.05) is 0 Å². The average Bonchev–Trinajstić information content (AvgIpc) is 2.40. The van der Waals surface area contributed by atoms with Crippen molar-refractivity contribution in [2.24, 2.45) is 0 Å². The average molecular weight is 309 g/mol. The van der Waals surface area contributed by atoms with Gasteiger partial charge >= 0.3 is 0 Å². The molecule has 0 aliphatic heterocycles. The number of nitrogens with two attached hydrogens (primary N) is 1. The van der Waals surface area contributed by atoms with Gasteiger partial charge < -0.3 is 5.73 Å². The fraction of sp³-hybridized carbons (Fsp3) is 0. The molecular weight excluding hydrogens is 300 g/mol. The number of nitrogen functional groups attached to an aromatic ring is 1. The minimum Gasteiger partial charge on any atom is -0.398 e. The summed E-state index contributed by atoms with van der Waals surface area (Å²) in [6.07, 6.45) is 1.29. The SMILES string of the molecule is N#Cc1ccc(S(=O)(=O)Nc2ccc(Cl)nc2)c(N)c1. The minimum atomic E-state index is -3.85. The molecule has 0 amide bonds. The van der Waals surface area contributed by atoms with Gasteiger partial charge in [0.2, 0.25) is 0 Å². The number of nitriles is 1. The van der Waals surface area contributed by atoms with Crippen LogP contribution in [0.4, 0.5) is 11.4 Å². The van der Waals surface area contributed by atoms with Gasteiger partial charge in [0.25, 0.3) is 10.0 Å². The third-order valence-corrected chi connectivity index (χ3v) is 4.09. The fourth-order valence-electron chi connectivity index (χ4n) is 1.51. The van der Waals surface area contributed by atoms with Crippen LogP contribution in [-0.4, -0.2) is 13.4 Å². The second-order valence-corrected chi connectivity index (χ2v) is 5.88. The van der Waals surface area contributed by atoms with Crippen LogP contribution in [0.15, 0.2) is 41.4 Å². The number of nitrogens with one attached hydrogen (secondary N) is 1. The first kappa shape index (κ1) is 14.1. The van der Waals surface area contributed by atoms with Crippen LogP contribution in [0.2, 0.25) is 5.15 Å². The van der Waals surface area contributed by atoms with Crippen LogP contribution >= 0.6 is 11.6 Å². The van der Waals surface area contributed by atoms with Crippen molar-refractivity contribution >= 4 is 33.0 Å². The second kappa shape index (κ2) is 5.36. The number of benzene rings is 1. The van der Waals surface area contributed by atoms with Crippen LogP contribution in [0.1, 0.15) is 5.56 Å². The lowest BCUT2D eigenvalue weighted by Crippen LogP contribution is -2.15. The molecule has 20 heavy (non-hydrogen) atoms. The summed E-state index contributed by atoms with van der Waals surface area (Å²) in [5.74, 6) is 0. The summed E-state index contributed by atoms with van der Waals surface area (Å²) in [7, 11) is -3.85. The van der Waals surface area contributed by atoms with E-state index in [1.54, 1.807) is 0 Å². The topological polar surface area (TPSA) is 109 Å². The van der Waals surface area contributed by atoms with Gasteiger partial charge in [-0.25, -0.2) is 13.4 Å². The van der Waals surface area contributed by atoms with Gasteiger partial charge in [0.15, 0.2) is 0 Å². The first-order chi connectivity index (χ1) is 9.42. The van der Waals surface area contributed by atoms with Crippen molar-refractivity contribution < 1.29 is 8.42 Å². The molecule has 2 aromatic rings. The predicted molar refractivity (Wildman–Crippen MR) is 75.6 cm³/mol. The highest BCUT2D eigenvalue weighted by Gasteiger charge is 2.18. The normalized spacial score (nSPS) is 10.8. The Bertz CT molecular complexity index is 782. The van der Waals surface area contributed by atoms with E-state index in [2.05, 4.69) is 9.71 Å². The fourth-order valence-corrected chi connectivity index (χ4v) is 2.78. The molecule has 8 heteroatoms. The predicted octanol–water partition coefficient (Wildman–Crippen LogP) is 1.99. The van der Waals surface area contributed by atoms with Gasteiger partial charge in [-0.15, -0.1) is 0 Å². The van der Waals surface area contributed by atoms with Crippen LogP contribution in [0, 0.1) is 11.3 Å². The molecule has 0 aliphatic carbocycles. The highest BCUT2D eigenvalue weighted by Crippen LogP contribution is 2.22. The van der Waals surface area contributed by atoms with E-state index in [-0.39, 0.29) is 27.0 Å². The zero-order chi connectivity index (χ0) is 14.8. The monoisotopic (exact) mass is 308 g/mol. The highest BCUT2D eigenvalue weighted by molar-refractivity contribution is 7.92. The molecule has 6 nitrogen and oxygen atoms in total. The molecule has 102 valence electrons. The number of rotatable bonds is 3. The molecule has 0 bridgehead atoms. The summed E-state index contributed by atoms with van der Waals surface area (Å²) >= 11 is 5.62. The second-order valence-electron chi connectivity index (χ2n) is 3.84. The van der Waals surface area contributed by atoms with Gasteiger partial charge in [-0.05, 0) is 30.3 Å². The lowest BCUT2D eigenvalue weighted by Gasteiger charge is -2.10. The van der Waals surface area contributed by atoms with Gasteiger partial charge in [-0.2, -0.15) is 5.26 Å². The quantitative estimate of drug-likeness (QED) is 0.665. The number of halogens is 1. The van der Waals surface area contributed by atoms with E-state index in [4.69, 9.17) is 22.6 Å². The third-order valence-electron chi connectivity index (χ3n) is 2.41. The molecule has 0 unspecified atom stereocenters. The molecule has 0 radical (unpaired) electrons. The Kier molecular flexibility index (Phi) is 3.79. The maximum Gasteiger partial charge on any atom is 0.263 e. The molecule has 1 heterocycles. The lowest BCUT2D eigenvalue weighted by molar-refractivity contribution is 0.601. The maximum atomic E-state index is 12.2. The van der Waals surface area contributed by atoms with Crippen molar-refractivity contribution in [1.82, 2.24) is 4.98 Å². The minimum absolute atomic E-state index is 0.00141. The van der Waals surface area contributed by atoms with Crippen molar-refractivity contribution in [1.29, 1.82) is 5.26 Å². The van der Waals surface area contributed by atoms with Crippen LogP contribution in [0.5, 0.6) is 0 Å².